The molecule has 1 fully saturated rings. The molecule has 0 saturated carbocycles. The SMILES string of the molecule is Cc1ccc(C(C)C)c(OC(C)C(=O)N2CCNC(C)C2)c1. The summed E-state index contributed by atoms with van der Waals surface area (Å²) in [6, 6.07) is 6.56. The van der Waals surface area contributed by atoms with Gasteiger partial charge in [0.15, 0.2) is 6.10 Å². The minimum absolute atomic E-state index is 0.0737. The topological polar surface area (TPSA) is 41.6 Å². The van der Waals surface area contributed by atoms with Gasteiger partial charge in [0.1, 0.15) is 5.75 Å². The van der Waals surface area contributed by atoms with Crippen molar-refractivity contribution < 1.29 is 9.53 Å². The first-order chi connectivity index (χ1) is 10.4. The van der Waals surface area contributed by atoms with Gasteiger partial charge in [0.25, 0.3) is 5.91 Å². The second-order valence-electron chi connectivity index (χ2n) is 6.60. The van der Waals surface area contributed by atoms with E-state index in [-0.39, 0.29) is 5.91 Å². The van der Waals surface area contributed by atoms with E-state index >= 15 is 0 Å². The summed E-state index contributed by atoms with van der Waals surface area (Å²) in [5, 5.41) is 3.35. The van der Waals surface area contributed by atoms with Crippen LogP contribution >= 0.6 is 0 Å². The number of carbonyl (C=O) groups is 1. The lowest BCUT2D eigenvalue weighted by atomic mass is 10.0. The van der Waals surface area contributed by atoms with E-state index in [0.29, 0.717) is 12.0 Å². The average molecular weight is 304 g/mol. The van der Waals surface area contributed by atoms with Crippen molar-refractivity contribution in [3.63, 3.8) is 0 Å². The summed E-state index contributed by atoms with van der Waals surface area (Å²) in [4.78, 5) is 14.5. The van der Waals surface area contributed by atoms with Crippen LogP contribution in [0.25, 0.3) is 0 Å². The molecule has 0 bridgehead atoms. The molecule has 1 amide bonds. The highest BCUT2D eigenvalue weighted by Crippen LogP contribution is 2.28. The average Bonchev–Trinajstić information content (AvgIpc) is 2.46. The smallest absolute Gasteiger partial charge is 0.263 e. The minimum atomic E-state index is -0.454. The lowest BCUT2D eigenvalue weighted by Crippen LogP contribution is -2.54. The van der Waals surface area contributed by atoms with Crippen LogP contribution in [-0.4, -0.2) is 42.6 Å². The van der Waals surface area contributed by atoms with E-state index in [1.54, 1.807) is 0 Å². The number of rotatable bonds is 4. The maximum absolute atomic E-state index is 12.6. The molecule has 122 valence electrons. The Hall–Kier alpha value is -1.55. The summed E-state index contributed by atoms with van der Waals surface area (Å²) in [5.74, 6) is 1.28. The Morgan fingerprint density at radius 3 is 2.73 bits per heavy atom. The molecule has 0 spiro atoms. The number of piperazine rings is 1. The molecule has 2 rings (SSSR count). The highest BCUT2D eigenvalue weighted by atomic mass is 16.5. The van der Waals surface area contributed by atoms with Crippen molar-refractivity contribution in [2.45, 2.75) is 52.7 Å². The number of benzene rings is 1. The Balaban J connectivity index is 2.09. The van der Waals surface area contributed by atoms with E-state index in [0.717, 1.165) is 36.5 Å². The monoisotopic (exact) mass is 304 g/mol. The zero-order valence-electron chi connectivity index (χ0n) is 14.3. The molecule has 4 nitrogen and oxygen atoms in total. The van der Waals surface area contributed by atoms with E-state index in [1.807, 2.05) is 24.8 Å². The third-order valence-electron chi connectivity index (χ3n) is 4.12. The van der Waals surface area contributed by atoms with E-state index in [9.17, 15) is 4.79 Å². The van der Waals surface area contributed by atoms with Crippen LogP contribution < -0.4 is 10.1 Å². The minimum Gasteiger partial charge on any atom is -0.481 e. The van der Waals surface area contributed by atoms with Gasteiger partial charge in [0.2, 0.25) is 0 Å². The molecule has 1 aliphatic heterocycles. The maximum atomic E-state index is 12.6. The highest BCUT2D eigenvalue weighted by molar-refractivity contribution is 5.81. The van der Waals surface area contributed by atoms with Gasteiger partial charge in [-0.1, -0.05) is 26.0 Å². The Morgan fingerprint density at radius 1 is 1.36 bits per heavy atom. The van der Waals surface area contributed by atoms with Gasteiger partial charge >= 0.3 is 0 Å². The van der Waals surface area contributed by atoms with Crippen LogP contribution in [0.4, 0.5) is 0 Å². The van der Waals surface area contributed by atoms with Crippen LogP contribution in [0, 0.1) is 6.92 Å². The molecule has 1 saturated heterocycles. The van der Waals surface area contributed by atoms with E-state index in [2.05, 4.69) is 38.2 Å². The molecule has 0 aliphatic carbocycles. The summed E-state index contributed by atoms with van der Waals surface area (Å²) >= 11 is 0. The second-order valence-corrected chi connectivity index (χ2v) is 6.60. The second kappa shape index (κ2) is 7.14. The molecule has 1 aromatic carbocycles. The zero-order chi connectivity index (χ0) is 16.3. The molecule has 0 aromatic heterocycles. The molecular weight excluding hydrogens is 276 g/mol. The van der Waals surface area contributed by atoms with Crippen LogP contribution in [0.3, 0.4) is 0 Å². The van der Waals surface area contributed by atoms with Crippen LogP contribution in [-0.2, 0) is 4.79 Å². The molecule has 1 aliphatic rings. The fraction of sp³-hybridized carbons (Fsp3) is 0.611. The standard InChI is InChI=1S/C18H28N2O2/c1-12(2)16-7-6-13(3)10-17(16)22-15(5)18(21)20-9-8-19-14(4)11-20/h6-7,10,12,14-15,19H,8-9,11H2,1-5H3. The summed E-state index contributed by atoms with van der Waals surface area (Å²) in [6.45, 7) is 12.6. The van der Waals surface area contributed by atoms with Crippen molar-refractivity contribution in [1.29, 1.82) is 0 Å². The number of hydrogen-bond donors (Lipinski definition) is 1. The zero-order valence-corrected chi connectivity index (χ0v) is 14.3. The van der Waals surface area contributed by atoms with Gasteiger partial charge in [-0.3, -0.25) is 4.79 Å². The Morgan fingerprint density at radius 2 is 2.09 bits per heavy atom. The summed E-state index contributed by atoms with van der Waals surface area (Å²) < 4.78 is 6.03. The molecule has 22 heavy (non-hydrogen) atoms. The van der Waals surface area contributed by atoms with Crippen molar-refractivity contribution in [3.05, 3.63) is 29.3 Å². The van der Waals surface area contributed by atoms with Gasteiger partial charge in [0.05, 0.1) is 0 Å². The first kappa shape index (κ1) is 16.8. The summed E-state index contributed by atoms with van der Waals surface area (Å²) in [5.41, 5.74) is 2.30. The van der Waals surface area contributed by atoms with Crippen LogP contribution in [0.15, 0.2) is 18.2 Å². The van der Waals surface area contributed by atoms with Crippen molar-refractivity contribution in [1.82, 2.24) is 10.2 Å². The Labute approximate surface area is 133 Å². The normalized spacial score (nSPS) is 20.1. The summed E-state index contributed by atoms with van der Waals surface area (Å²) in [6.07, 6.45) is -0.454. The Bertz CT molecular complexity index is 528. The number of ether oxygens (including phenoxy) is 1. The van der Waals surface area contributed by atoms with Crippen molar-refractivity contribution in [3.8, 4) is 5.75 Å². The molecule has 1 N–H and O–H groups in total. The van der Waals surface area contributed by atoms with Gasteiger partial charge in [-0.2, -0.15) is 0 Å². The predicted molar refractivity (Wildman–Crippen MR) is 89.4 cm³/mol. The van der Waals surface area contributed by atoms with E-state index < -0.39 is 6.10 Å². The van der Waals surface area contributed by atoms with Gasteiger partial charge in [0, 0.05) is 25.7 Å². The number of amides is 1. The third kappa shape index (κ3) is 4.01. The molecule has 2 atom stereocenters. The molecule has 1 heterocycles. The van der Waals surface area contributed by atoms with E-state index in [4.69, 9.17) is 4.74 Å². The van der Waals surface area contributed by atoms with Gasteiger partial charge in [-0.25, -0.2) is 0 Å². The largest absolute Gasteiger partial charge is 0.481 e. The first-order valence-electron chi connectivity index (χ1n) is 8.18. The third-order valence-corrected chi connectivity index (χ3v) is 4.12. The highest BCUT2D eigenvalue weighted by Gasteiger charge is 2.26. The van der Waals surface area contributed by atoms with E-state index in [1.165, 1.54) is 0 Å². The molecule has 2 unspecified atom stereocenters. The molecular formula is C18H28N2O2. The summed E-state index contributed by atoms with van der Waals surface area (Å²) in [7, 11) is 0. The molecule has 1 aromatic rings. The fourth-order valence-electron chi connectivity index (χ4n) is 2.85. The number of carbonyl (C=O) groups excluding carboxylic acids is 1. The van der Waals surface area contributed by atoms with Crippen LogP contribution in [0.5, 0.6) is 5.75 Å². The number of aryl methyl sites for hydroxylation is 1. The maximum Gasteiger partial charge on any atom is 0.263 e. The van der Waals surface area contributed by atoms with Crippen molar-refractivity contribution >= 4 is 5.91 Å². The first-order valence-corrected chi connectivity index (χ1v) is 8.18. The quantitative estimate of drug-likeness (QED) is 0.930. The van der Waals surface area contributed by atoms with Gasteiger partial charge in [-0.05, 0) is 43.9 Å². The van der Waals surface area contributed by atoms with Crippen LogP contribution in [0.2, 0.25) is 0 Å². The lowest BCUT2D eigenvalue weighted by Gasteiger charge is -2.33. The van der Waals surface area contributed by atoms with Crippen molar-refractivity contribution in [2.24, 2.45) is 0 Å². The fourth-order valence-corrected chi connectivity index (χ4v) is 2.85. The lowest BCUT2D eigenvalue weighted by molar-refractivity contribution is -0.139. The van der Waals surface area contributed by atoms with Crippen molar-refractivity contribution in [2.75, 3.05) is 19.6 Å². The van der Waals surface area contributed by atoms with Gasteiger partial charge < -0.3 is 15.0 Å². The number of nitrogens with one attached hydrogen (secondary N) is 1. The molecule has 4 heteroatoms. The predicted octanol–water partition coefficient (Wildman–Crippen LogP) is 2.71. The van der Waals surface area contributed by atoms with Crippen LogP contribution in [0.1, 0.15) is 44.7 Å². The number of nitrogens with zero attached hydrogens (tertiary/aromatic N) is 1. The number of hydrogen-bond acceptors (Lipinski definition) is 3. The molecule has 0 radical (unpaired) electrons. The van der Waals surface area contributed by atoms with Gasteiger partial charge in [-0.15, -0.1) is 0 Å². The Kier molecular flexibility index (Phi) is 5.46.